The van der Waals surface area contributed by atoms with Crippen LogP contribution in [0, 0.1) is 17.6 Å². The molecule has 132 valence electrons. The zero-order chi connectivity index (χ0) is 18.4. The summed E-state index contributed by atoms with van der Waals surface area (Å²) in [6, 6.07) is 10.3. The lowest BCUT2D eigenvalue weighted by Gasteiger charge is -2.13. The predicted octanol–water partition coefficient (Wildman–Crippen LogP) is 3.80. The van der Waals surface area contributed by atoms with Crippen LogP contribution >= 0.6 is 0 Å². The zero-order valence-corrected chi connectivity index (χ0v) is 13.8. The van der Waals surface area contributed by atoms with E-state index < -0.39 is 18.2 Å². The van der Waals surface area contributed by atoms with Crippen LogP contribution in [0.25, 0.3) is 0 Å². The maximum Gasteiger partial charge on any atom is 0.307 e. The van der Waals surface area contributed by atoms with Crippen LogP contribution in [-0.4, -0.2) is 17.0 Å². The van der Waals surface area contributed by atoms with E-state index in [1.54, 1.807) is 25.1 Å². The first kappa shape index (κ1) is 18.6. The van der Waals surface area contributed by atoms with Crippen LogP contribution in [0.1, 0.15) is 24.5 Å². The molecule has 0 saturated heterocycles. The number of amides is 1. The number of halogens is 2. The SMILES string of the molecule is CC(CCc1ccccc1F)C(=O)Nc1ccc(CC(=O)O)c(F)c1. The lowest BCUT2D eigenvalue weighted by Crippen LogP contribution is -2.21. The van der Waals surface area contributed by atoms with Gasteiger partial charge in [0.15, 0.2) is 0 Å². The Morgan fingerprint density at radius 1 is 1.08 bits per heavy atom. The van der Waals surface area contributed by atoms with E-state index >= 15 is 0 Å². The van der Waals surface area contributed by atoms with Gasteiger partial charge in [-0.2, -0.15) is 0 Å². The maximum atomic E-state index is 13.8. The molecule has 25 heavy (non-hydrogen) atoms. The number of nitrogens with one attached hydrogen (secondary N) is 1. The molecule has 4 nitrogen and oxygen atoms in total. The van der Waals surface area contributed by atoms with Crippen LogP contribution in [0.15, 0.2) is 42.5 Å². The van der Waals surface area contributed by atoms with Crippen LogP contribution in [-0.2, 0) is 22.4 Å². The molecule has 0 spiro atoms. The zero-order valence-electron chi connectivity index (χ0n) is 13.8. The third kappa shape index (κ3) is 5.38. The minimum absolute atomic E-state index is 0.0538. The van der Waals surface area contributed by atoms with Crippen molar-refractivity contribution in [2.45, 2.75) is 26.2 Å². The molecule has 0 heterocycles. The van der Waals surface area contributed by atoms with Gasteiger partial charge in [-0.15, -0.1) is 0 Å². The highest BCUT2D eigenvalue weighted by atomic mass is 19.1. The standard InChI is InChI=1S/C19H19F2NO3/c1-12(6-7-13-4-2-3-5-16(13)20)19(25)22-15-9-8-14(10-18(23)24)17(21)11-15/h2-5,8-9,11-12H,6-7,10H2,1H3,(H,22,25)(H,23,24). The van der Waals surface area contributed by atoms with Gasteiger partial charge in [0.25, 0.3) is 0 Å². The van der Waals surface area contributed by atoms with E-state index in [1.165, 1.54) is 18.2 Å². The second-order valence-electron chi connectivity index (χ2n) is 5.90. The van der Waals surface area contributed by atoms with Gasteiger partial charge in [0.05, 0.1) is 6.42 Å². The van der Waals surface area contributed by atoms with Gasteiger partial charge in [0.1, 0.15) is 11.6 Å². The Labute approximate surface area is 144 Å². The van der Waals surface area contributed by atoms with Crippen molar-refractivity contribution in [3.63, 3.8) is 0 Å². The number of aliphatic carboxylic acids is 1. The fraction of sp³-hybridized carbons (Fsp3) is 0.263. The van der Waals surface area contributed by atoms with Crippen LogP contribution in [0.3, 0.4) is 0 Å². The number of rotatable bonds is 7. The van der Waals surface area contributed by atoms with Gasteiger partial charge < -0.3 is 10.4 Å². The smallest absolute Gasteiger partial charge is 0.307 e. The number of hydrogen-bond donors (Lipinski definition) is 2. The Kier molecular flexibility index (Phi) is 6.22. The number of carboxylic acid groups (broad SMARTS) is 1. The molecular weight excluding hydrogens is 328 g/mol. The largest absolute Gasteiger partial charge is 0.481 e. The minimum atomic E-state index is -1.13. The van der Waals surface area contributed by atoms with Gasteiger partial charge >= 0.3 is 5.97 Å². The molecule has 0 fully saturated rings. The molecule has 1 unspecified atom stereocenters. The number of carboxylic acids is 1. The molecule has 0 radical (unpaired) electrons. The van der Waals surface area contributed by atoms with Crippen molar-refractivity contribution >= 4 is 17.6 Å². The van der Waals surface area contributed by atoms with E-state index in [0.29, 0.717) is 18.4 Å². The Bertz CT molecular complexity index is 777. The summed E-state index contributed by atoms with van der Waals surface area (Å²) in [5, 5.41) is 11.3. The van der Waals surface area contributed by atoms with Crippen molar-refractivity contribution in [1.82, 2.24) is 0 Å². The van der Waals surface area contributed by atoms with Crippen molar-refractivity contribution in [1.29, 1.82) is 0 Å². The number of hydrogen-bond acceptors (Lipinski definition) is 2. The summed E-state index contributed by atoms with van der Waals surface area (Å²) in [6.07, 6.45) is 0.457. The van der Waals surface area contributed by atoms with Crippen LogP contribution in [0.4, 0.5) is 14.5 Å². The van der Waals surface area contributed by atoms with Crippen molar-refractivity contribution in [2.75, 3.05) is 5.32 Å². The summed E-state index contributed by atoms with van der Waals surface area (Å²) in [6.45, 7) is 1.71. The molecule has 0 aliphatic carbocycles. The minimum Gasteiger partial charge on any atom is -0.481 e. The van der Waals surface area contributed by atoms with E-state index in [-0.39, 0.29) is 28.9 Å². The molecule has 2 aromatic rings. The molecule has 2 rings (SSSR count). The monoisotopic (exact) mass is 347 g/mol. The Balaban J connectivity index is 1.93. The number of anilines is 1. The van der Waals surface area contributed by atoms with Gasteiger partial charge in [-0.25, -0.2) is 8.78 Å². The van der Waals surface area contributed by atoms with E-state index in [9.17, 15) is 18.4 Å². The van der Waals surface area contributed by atoms with E-state index in [4.69, 9.17) is 5.11 Å². The Morgan fingerprint density at radius 2 is 1.80 bits per heavy atom. The summed E-state index contributed by atoms with van der Waals surface area (Å²) in [4.78, 5) is 22.8. The first-order valence-electron chi connectivity index (χ1n) is 7.91. The van der Waals surface area contributed by atoms with Gasteiger partial charge in [0.2, 0.25) is 5.91 Å². The van der Waals surface area contributed by atoms with E-state index in [0.717, 1.165) is 6.07 Å². The predicted molar refractivity (Wildman–Crippen MR) is 90.3 cm³/mol. The Morgan fingerprint density at radius 3 is 2.44 bits per heavy atom. The summed E-state index contributed by atoms with van der Waals surface area (Å²) in [5.74, 6) is -2.80. The van der Waals surface area contributed by atoms with Crippen LogP contribution in [0.2, 0.25) is 0 Å². The first-order valence-corrected chi connectivity index (χ1v) is 7.91. The second kappa shape index (κ2) is 8.37. The number of carbonyl (C=O) groups is 2. The highest BCUT2D eigenvalue weighted by molar-refractivity contribution is 5.92. The van der Waals surface area contributed by atoms with E-state index in [1.807, 2.05) is 0 Å². The number of carbonyl (C=O) groups excluding carboxylic acids is 1. The number of aryl methyl sites for hydroxylation is 1. The molecule has 0 aromatic heterocycles. The first-order chi connectivity index (χ1) is 11.9. The molecule has 1 amide bonds. The second-order valence-corrected chi connectivity index (χ2v) is 5.90. The average Bonchev–Trinajstić information content (AvgIpc) is 2.56. The molecule has 1 atom stereocenters. The summed E-state index contributed by atoms with van der Waals surface area (Å²) >= 11 is 0. The van der Waals surface area contributed by atoms with Gasteiger partial charge in [0, 0.05) is 11.6 Å². The average molecular weight is 347 g/mol. The van der Waals surface area contributed by atoms with Gasteiger partial charge in [-0.3, -0.25) is 9.59 Å². The Hall–Kier alpha value is -2.76. The molecule has 0 bridgehead atoms. The molecule has 0 aliphatic rings. The summed E-state index contributed by atoms with van der Waals surface area (Å²) in [5.41, 5.74) is 0.860. The third-order valence-electron chi connectivity index (χ3n) is 3.91. The van der Waals surface area contributed by atoms with E-state index in [2.05, 4.69) is 5.32 Å². The molecule has 6 heteroatoms. The fourth-order valence-electron chi connectivity index (χ4n) is 2.40. The number of benzene rings is 2. The normalized spacial score (nSPS) is 11.8. The van der Waals surface area contributed by atoms with Crippen LogP contribution in [0.5, 0.6) is 0 Å². The topological polar surface area (TPSA) is 66.4 Å². The molecule has 2 N–H and O–H groups in total. The van der Waals surface area contributed by atoms with Crippen molar-refractivity contribution < 1.29 is 23.5 Å². The van der Waals surface area contributed by atoms with Crippen molar-refractivity contribution in [3.8, 4) is 0 Å². The molecule has 0 aliphatic heterocycles. The summed E-state index contributed by atoms with van der Waals surface area (Å²) in [7, 11) is 0. The van der Waals surface area contributed by atoms with Gasteiger partial charge in [-0.1, -0.05) is 31.2 Å². The molecule has 2 aromatic carbocycles. The van der Waals surface area contributed by atoms with Crippen molar-refractivity contribution in [2.24, 2.45) is 5.92 Å². The lowest BCUT2D eigenvalue weighted by atomic mass is 10.00. The summed E-state index contributed by atoms with van der Waals surface area (Å²) < 4.78 is 27.4. The quantitative estimate of drug-likeness (QED) is 0.801. The molecular formula is C19H19F2NO3. The lowest BCUT2D eigenvalue weighted by molar-refractivity contribution is -0.136. The highest BCUT2D eigenvalue weighted by Gasteiger charge is 2.15. The fourth-order valence-corrected chi connectivity index (χ4v) is 2.40. The third-order valence-corrected chi connectivity index (χ3v) is 3.91. The van der Waals surface area contributed by atoms with Crippen LogP contribution < -0.4 is 5.32 Å². The maximum absolute atomic E-state index is 13.8. The highest BCUT2D eigenvalue weighted by Crippen LogP contribution is 2.18. The van der Waals surface area contributed by atoms with Gasteiger partial charge in [-0.05, 0) is 42.2 Å². The molecule has 0 saturated carbocycles. The van der Waals surface area contributed by atoms with Crippen molar-refractivity contribution in [3.05, 3.63) is 65.2 Å².